The summed E-state index contributed by atoms with van der Waals surface area (Å²) in [5.74, 6) is 0.221. The van der Waals surface area contributed by atoms with E-state index in [1.807, 2.05) is 23.7 Å². The summed E-state index contributed by atoms with van der Waals surface area (Å²) in [6.07, 6.45) is 3.32. The van der Waals surface area contributed by atoms with Gasteiger partial charge in [-0.15, -0.1) is 11.3 Å². The van der Waals surface area contributed by atoms with Gasteiger partial charge in [-0.2, -0.15) is 0 Å². The van der Waals surface area contributed by atoms with Crippen LogP contribution in [0, 0.1) is 0 Å². The number of fused-ring (bicyclic) bond motifs is 1. The monoisotopic (exact) mass is 308 g/mol. The van der Waals surface area contributed by atoms with Gasteiger partial charge < -0.3 is 5.32 Å². The van der Waals surface area contributed by atoms with Crippen LogP contribution in [-0.4, -0.2) is 25.7 Å². The van der Waals surface area contributed by atoms with E-state index in [1.54, 1.807) is 23.5 Å². The molecule has 3 rings (SSSR count). The maximum absolute atomic E-state index is 12.0. The first-order valence-electron chi connectivity index (χ1n) is 6.60. The molecule has 1 aliphatic heterocycles. The fourth-order valence-corrected chi connectivity index (χ4v) is 4.77. The average molecular weight is 308 g/mol. The second-order valence-corrected chi connectivity index (χ2v) is 7.88. The molecule has 1 aliphatic rings. The van der Waals surface area contributed by atoms with Crippen molar-refractivity contribution in [1.82, 2.24) is 10.3 Å². The van der Waals surface area contributed by atoms with Gasteiger partial charge in [0.25, 0.3) is 0 Å². The summed E-state index contributed by atoms with van der Waals surface area (Å²) < 4.78 is 24.1. The lowest BCUT2D eigenvalue weighted by Crippen LogP contribution is -2.31. The number of rotatable bonds is 4. The molecular formula is C14H16N2O2S2. The molecule has 2 aromatic rings. The number of nitrogens with one attached hydrogen (secondary N) is 1. The zero-order valence-electron chi connectivity index (χ0n) is 11.0. The molecule has 0 spiro atoms. The molecule has 2 heterocycles. The Morgan fingerprint density at radius 2 is 2.20 bits per heavy atom. The molecule has 0 fully saturated rings. The first-order chi connectivity index (χ1) is 9.67. The minimum Gasteiger partial charge on any atom is -0.309 e. The highest BCUT2D eigenvalue weighted by Gasteiger charge is 2.29. The summed E-state index contributed by atoms with van der Waals surface area (Å²) in [6.45, 7) is 0.812. The summed E-state index contributed by atoms with van der Waals surface area (Å²) in [5, 5.41) is 6.53. The van der Waals surface area contributed by atoms with Crippen LogP contribution in [0.2, 0.25) is 0 Å². The Hall–Kier alpha value is -1.24. The highest BCUT2D eigenvalue weighted by Crippen LogP contribution is 2.31. The van der Waals surface area contributed by atoms with Crippen LogP contribution in [0.25, 0.3) is 0 Å². The third kappa shape index (κ3) is 2.77. The topological polar surface area (TPSA) is 59.1 Å². The fraction of sp³-hybridized carbons (Fsp3) is 0.357. The van der Waals surface area contributed by atoms with Crippen LogP contribution in [0.4, 0.5) is 0 Å². The first-order valence-corrected chi connectivity index (χ1v) is 9.13. The van der Waals surface area contributed by atoms with E-state index in [0.29, 0.717) is 11.3 Å². The van der Waals surface area contributed by atoms with E-state index in [4.69, 9.17) is 0 Å². The molecule has 1 N–H and O–H groups in total. The van der Waals surface area contributed by atoms with Crippen LogP contribution >= 0.6 is 11.3 Å². The minimum atomic E-state index is -3.09. The molecule has 106 valence electrons. The molecule has 4 nitrogen and oxygen atoms in total. The lowest BCUT2D eigenvalue weighted by molar-refractivity contribution is 0.494. The van der Waals surface area contributed by atoms with Gasteiger partial charge in [0.05, 0.1) is 15.7 Å². The van der Waals surface area contributed by atoms with E-state index in [1.165, 1.54) is 0 Å². The van der Waals surface area contributed by atoms with Crippen molar-refractivity contribution in [2.24, 2.45) is 0 Å². The smallest absolute Gasteiger partial charge is 0.178 e. The summed E-state index contributed by atoms with van der Waals surface area (Å²) in [5.41, 5.74) is 0.901. The van der Waals surface area contributed by atoms with Gasteiger partial charge in [-0.1, -0.05) is 18.2 Å². The van der Waals surface area contributed by atoms with E-state index in [9.17, 15) is 8.42 Å². The lowest BCUT2D eigenvalue weighted by atomic mass is 10.0. The van der Waals surface area contributed by atoms with E-state index in [-0.39, 0.29) is 11.8 Å². The maximum atomic E-state index is 12.0. The molecule has 1 aromatic carbocycles. The molecule has 0 saturated carbocycles. The molecule has 20 heavy (non-hydrogen) atoms. The van der Waals surface area contributed by atoms with Gasteiger partial charge in [0.1, 0.15) is 0 Å². The largest absolute Gasteiger partial charge is 0.309 e. The van der Waals surface area contributed by atoms with Crippen LogP contribution in [0.3, 0.4) is 0 Å². The van der Waals surface area contributed by atoms with Crippen molar-refractivity contribution >= 4 is 21.2 Å². The van der Waals surface area contributed by atoms with Crippen molar-refractivity contribution in [3.63, 3.8) is 0 Å². The molecule has 0 amide bonds. The average Bonchev–Trinajstić information content (AvgIpc) is 2.95. The molecule has 0 radical (unpaired) electrons. The molecular weight excluding hydrogens is 292 g/mol. The Morgan fingerprint density at radius 1 is 1.35 bits per heavy atom. The molecule has 1 aromatic heterocycles. The normalized spacial score (nSPS) is 20.5. The van der Waals surface area contributed by atoms with Gasteiger partial charge in [-0.25, -0.2) is 13.4 Å². The van der Waals surface area contributed by atoms with E-state index >= 15 is 0 Å². The Morgan fingerprint density at radius 3 is 3.00 bits per heavy atom. The number of hydrogen-bond donors (Lipinski definition) is 1. The van der Waals surface area contributed by atoms with Crippen molar-refractivity contribution in [3.05, 3.63) is 46.4 Å². The predicted molar refractivity (Wildman–Crippen MR) is 79.7 cm³/mol. The number of aromatic nitrogens is 1. The molecule has 1 atom stereocenters. The van der Waals surface area contributed by atoms with Crippen molar-refractivity contribution in [2.75, 3.05) is 12.3 Å². The molecule has 6 heteroatoms. The number of nitrogens with zero attached hydrogens (tertiary/aromatic N) is 1. The number of sulfone groups is 1. The SMILES string of the molecule is O=S1(=O)CC[C@@H](NCCc2nccs2)c2ccccc21. The van der Waals surface area contributed by atoms with Gasteiger partial charge in [-0.05, 0) is 18.1 Å². The second-order valence-electron chi connectivity index (χ2n) is 4.83. The summed E-state index contributed by atoms with van der Waals surface area (Å²) >= 11 is 1.65. The predicted octanol–water partition coefficient (Wildman–Crippen LogP) is 2.19. The van der Waals surface area contributed by atoms with Gasteiger partial charge >= 0.3 is 0 Å². The quantitative estimate of drug-likeness (QED) is 0.940. The van der Waals surface area contributed by atoms with Crippen LogP contribution in [-0.2, 0) is 16.3 Å². The van der Waals surface area contributed by atoms with Gasteiger partial charge in [-0.3, -0.25) is 0 Å². The van der Waals surface area contributed by atoms with Crippen LogP contribution < -0.4 is 5.32 Å². The van der Waals surface area contributed by atoms with Crippen LogP contribution in [0.5, 0.6) is 0 Å². The maximum Gasteiger partial charge on any atom is 0.178 e. The summed E-state index contributed by atoms with van der Waals surface area (Å²) in [4.78, 5) is 4.73. The highest BCUT2D eigenvalue weighted by atomic mass is 32.2. The Bertz CT molecular complexity index is 681. The van der Waals surface area contributed by atoms with Crippen LogP contribution in [0.1, 0.15) is 23.0 Å². The Balaban J connectivity index is 1.72. The fourth-order valence-electron chi connectivity index (χ4n) is 2.53. The van der Waals surface area contributed by atoms with Crippen molar-refractivity contribution in [3.8, 4) is 0 Å². The first kappa shape index (κ1) is 13.7. The van der Waals surface area contributed by atoms with Gasteiger partial charge in [0.2, 0.25) is 0 Å². The number of benzene rings is 1. The number of hydrogen-bond acceptors (Lipinski definition) is 5. The zero-order valence-corrected chi connectivity index (χ0v) is 12.6. The lowest BCUT2D eigenvalue weighted by Gasteiger charge is -2.26. The van der Waals surface area contributed by atoms with Gasteiger partial charge in [0.15, 0.2) is 9.84 Å². The van der Waals surface area contributed by atoms with E-state index < -0.39 is 9.84 Å². The highest BCUT2D eigenvalue weighted by molar-refractivity contribution is 7.91. The number of thiazole rings is 1. The van der Waals surface area contributed by atoms with E-state index in [0.717, 1.165) is 23.5 Å². The van der Waals surface area contributed by atoms with Crippen molar-refractivity contribution < 1.29 is 8.42 Å². The summed E-state index contributed by atoms with van der Waals surface area (Å²) in [7, 11) is -3.09. The standard InChI is InChI=1S/C14H16N2O2S2/c17-20(18)10-6-12(11-3-1-2-4-13(11)20)15-7-5-14-16-8-9-19-14/h1-4,8-9,12,15H,5-7,10H2/t12-/m1/s1. The van der Waals surface area contributed by atoms with Gasteiger partial charge in [0, 0.05) is 30.6 Å². The van der Waals surface area contributed by atoms with E-state index in [2.05, 4.69) is 10.3 Å². The third-order valence-electron chi connectivity index (χ3n) is 3.52. The molecule has 0 bridgehead atoms. The van der Waals surface area contributed by atoms with Crippen LogP contribution in [0.15, 0.2) is 40.7 Å². The third-order valence-corrected chi connectivity index (χ3v) is 6.17. The molecule has 0 saturated heterocycles. The van der Waals surface area contributed by atoms with Crippen molar-refractivity contribution in [1.29, 1.82) is 0 Å². The minimum absolute atomic E-state index is 0.120. The zero-order chi connectivity index (χ0) is 14.0. The molecule has 0 unspecified atom stereocenters. The van der Waals surface area contributed by atoms with Crippen molar-refractivity contribution in [2.45, 2.75) is 23.8 Å². The Kier molecular flexibility index (Phi) is 3.87. The summed E-state index contributed by atoms with van der Waals surface area (Å²) in [6, 6.07) is 7.42. The second kappa shape index (κ2) is 5.63. The molecule has 0 aliphatic carbocycles. The Labute approximate surface area is 122 Å².